The van der Waals surface area contributed by atoms with E-state index in [2.05, 4.69) is 3.97 Å². The van der Waals surface area contributed by atoms with Crippen LogP contribution in [0.5, 0.6) is 0 Å². The van der Waals surface area contributed by atoms with Crippen molar-refractivity contribution in [3.8, 4) is 0 Å². The molecule has 10 heteroatoms. The largest absolute Gasteiger partial charge is 0.526 e. The summed E-state index contributed by atoms with van der Waals surface area (Å²) in [5, 5.41) is 0. The molecule has 0 fully saturated rings. The molecule has 0 aromatic rings. The van der Waals surface area contributed by atoms with Crippen LogP contribution in [0.2, 0.25) is 0 Å². The van der Waals surface area contributed by atoms with Crippen LogP contribution in [0.4, 0.5) is 4.20 Å². The third kappa shape index (κ3) is 5.84. The van der Waals surface area contributed by atoms with Crippen molar-refractivity contribution in [1.29, 1.82) is 0 Å². The van der Waals surface area contributed by atoms with Crippen LogP contribution in [0.3, 0.4) is 0 Å². The molecule has 0 bridgehead atoms. The van der Waals surface area contributed by atoms with Crippen molar-refractivity contribution in [2.75, 3.05) is 0 Å². The lowest BCUT2D eigenvalue weighted by Crippen LogP contribution is -1.97. The highest BCUT2D eigenvalue weighted by Crippen LogP contribution is 2.45. The van der Waals surface area contributed by atoms with Gasteiger partial charge in [-0.15, -0.1) is 8.17 Å². The number of hydrogen-bond donors (Lipinski definition) is 1. The molecule has 0 heterocycles. The fourth-order valence-electron chi connectivity index (χ4n) is 0.178. The zero-order chi connectivity index (χ0) is 9.12. The third-order valence-corrected chi connectivity index (χ3v) is 2.12. The van der Waals surface area contributed by atoms with Crippen molar-refractivity contribution < 1.29 is 30.8 Å². The number of halogens is 1. The number of hydrogen-bond acceptors (Lipinski definition) is 5. The highest BCUT2D eigenvalue weighted by atomic mass is 32.2. The van der Waals surface area contributed by atoms with Crippen molar-refractivity contribution in [3.05, 3.63) is 0 Å². The lowest BCUT2D eigenvalue weighted by atomic mass is 11.7. The van der Waals surface area contributed by atoms with Gasteiger partial charge in [0, 0.05) is 0 Å². The average Bonchev–Trinajstić information content (AvgIpc) is 1.55. The quantitative estimate of drug-likeness (QED) is 0.383. The molecule has 0 rings (SSSR count). The van der Waals surface area contributed by atoms with Crippen LogP contribution < -0.4 is 0 Å². The van der Waals surface area contributed by atoms with Gasteiger partial charge in [-0.1, -0.05) is 4.40 Å². The van der Waals surface area contributed by atoms with Crippen LogP contribution in [0, 0.1) is 0 Å². The zero-order valence-corrected chi connectivity index (χ0v) is 6.38. The molecule has 0 radical (unpaired) electrons. The van der Waals surface area contributed by atoms with Crippen LogP contribution in [0.1, 0.15) is 0 Å². The maximum absolute atomic E-state index is 11.5. The van der Waals surface area contributed by atoms with Gasteiger partial charge in [-0.3, -0.25) is 4.89 Å². The summed E-state index contributed by atoms with van der Waals surface area (Å²) in [5.41, 5.74) is 0. The van der Waals surface area contributed by atoms with Gasteiger partial charge in [0.1, 0.15) is 0 Å². The van der Waals surface area contributed by atoms with Gasteiger partial charge in [0.05, 0.1) is 0 Å². The summed E-state index contributed by atoms with van der Waals surface area (Å²) < 4.78 is 45.9. The highest BCUT2D eigenvalue weighted by Gasteiger charge is 2.27. The van der Waals surface area contributed by atoms with Gasteiger partial charge in [-0.25, -0.2) is 9.36 Å². The molecule has 0 aliphatic carbocycles. The molecule has 0 aromatic heterocycles. The predicted octanol–water partition coefficient (Wildman–Crippen LogP) is -0.346. The first kappa shape index (κ1) is 10.4. The van der Waals surface area contributed by atoms with Gasteiger partial charge in [-0.05, 0) is 0 Å². The smallest absolute Gasteiger partial charge is 0.298 e. The van der Waals surface area contributed by atoms with E-state index >= 15 is 0 Å². The normalized spacial score (nSPS) is 16.5. The molecule has 0 saturated heterocycles. The molecule has 11 heavy (non-hydrogen) atoms. The lowest BCUT2D eigenvalue weighted by Gasteiger charge is -1.95. The van der Waals surface area contributed by atoms with Crippen molar-refractivity contribution >= 4 is 24.3 Å². The van der Waals surface area contributed by atoms with E-state index in [4.69, 9.17) is 4.89 Å². The summed E-state index contributed by atoms with van der Waals surface area (Å²) in [4.78, 5) is 16.9. The second kappa shape index (κ2) is 3.21. The van der Waals surface area contributed by atoms with E-state index in [1.807, 2.05) is 4.40 Å². The van der Waals surface area contributed by atoms with E-state index in [1.54, 1.807) is 0 Å². The van der Waals surface area contributed by atoms with Crippen LogP contribution >= 0.6 is 7.91 Å². The summed E-state index contributed by atoms with van der Waals surface area (Å²) in [7, 11) is -10.7. The molecule has 1 unspecified atom stereocenters. The summed E-state index contributed by atoms with van der Waals surface area (Å²) in [6.07, 6.45) is 0.494. The van der Waals surface area contributed by atoms with E-state index in [0.717, 1.165) is 0 Å². The molecular formula is CHFNO6PS. The van der Waals surface area contributed by atoms with E-state index in [0.29, 0.717) is 6.08 Å². The minimum atomic E-state index is -5.68. The van der Waals surface area contributed by atoms with Gasteiger partial charge in [-0.2, -0.15) is 8.42 Å². The van der Waals surface area contributed by atoms with Gasteiger partial charge < -0.3 is 0 Å². The van der Waals surface area contributed by atoms with Crippen LogP contribution in [0.25, 0.3) is 0 Å². The number of nitrogens with zero attached hydrogens (tertiary/aromatic N) is 1. The second-order valence-corrected chi connectivity index (χ2v) is 3.67. The molecule has 0 amide bonds. The molecule has 1 atom stereocenters. The molecule has 7 nitrogen and oxygen atoms in total. The third-order valence-electron chi connectivity index (χ3n) is 0.335. The summed E-state index contributed by atoms with van der Waals surface area (Å²) in [6.45, 7) is 0. The summed E-state index contributed by atoms with van der Waals surface area (Å²) >= 11 is 0. The molecular weight excluding hydrogens is 204 g/mol. The van der Waals surface area contributed by atoms with E-state index in [9.17, 15) is 22.0 Å². The molecule has 1 N–H and O–H groups in total. The maximum Gasteiger partial charge on any atom is 0.526 e. The Kier molecular flexibility index (Phi) is 3.03. The average molecular weight is 205 g/mol. The topological polar surface area (TPSA) is 110 Å². The fraction of sp³-hybridized carbons (Fsp3) is 0. The SMILES string of the molecule is O=C=NS(=O)(=O)OP(=O)(O)F. The second-order valence-electron chi connectivity index (χ2n) is 1.14. The molecule has 0 aliphatic rings. The van der Waals surface area contributed by atoms with Crippen molar-refractivity contribution in [2.45, 2.75) is 0 Å². The number of rotatable bonds is 3. The maximum atomic E-state index is 11.5. The lowest BCUT2D eigenvalue weighted by molar-refractivity contribution is 0.331. The van der Waals surface area contributed by atoms with E-state index in [-0.39, 0.29) is 0 Å². The predicted molar refractivity (Wildman–Crippen MR) is 29.1 cm³/mol. The summed E-state index contributed by atoms with van der Waals surface area (Å²) in [6, 6.07) is 0. The minimum absolute atomic E-state index is 0.494. The van der Waals surface area contributed by atoms with Crippen LogP contribution in [-0.2, 0) is 23.6 Å². The fourth-order valence-corrected chi connectivity index (χ4v) is 1.33. The van der Waals surface area contributed by atoms with E-state index in [1.165, 1.54) is 0 Å². The van der Waals surface area contributed by atoms with Crippen molar-refractivity contribution in [1.82, 2.24) is 0 Å². The van der Waals surface area contributed by atoms with Crippen LogP contribution in [-0.4, -0.2) is 19.4 Å². The van der Waals surface area contributed by atoms with Crippen molar-refractivity contribution in [3.63, 3.8) is 0 Å². The Bertz CT molecular complexity index is 320. The Morgan fingerprint density at radius 2 is 2.09 bits per heavy atom. The summed E-state index contributed by atoms with van der Waals surface area (Å²) in [5.74, 6) is 0. The van der Waals surface area contributed by atoms with Gasteiger partial charge in [0.15, 0.2) is 0 Å². The standard InChI is InChI=1S/CHFNO6PS/c2-10(5,6)9-11(7,8)3-1-4/h(H,5,6). The first-order valence-corrected chi connectivity index (χ1v) is 4.68. The molecule has 64 valence electrons. The first-order chi connectivity index (χ1) is 4.77. The Hall–Kier alpha value is -0.590. The number of isocyanates is 1. The first-order valence-electron chi connectivity index (χ1n) is 1.84. The van der Waals surface area contributed by atoms with Crippen molar-refractivity contribution in [2.24, 2.45) is 4.40 Å². The monoisotopic (exact) mass is 205 g/mol. The minimum Gasteiger partial charge on any atom is -0.298 e. The van der Waals surface area contributed by atoms with Crippen LogP contribution in [0.15, 0.2) is 4.40 Å². The van der Waals surface area contributed by atoms with Gasteiger partial charge in [0.25, 0.3) is 6.08 Å². The van der Waals surface area contributed by atoms with E-state index < -0.39 is 18.2 Å². The number of carbonyl (C=O) groups excluding carboxylic acids is 1. The Morgan fingerprint density at radius 3 is 2.36 bits per heavy atom. The van der Waals surface area contributed by atoms with Gasteiger partial charge >= 0.3 is 18.2 Å². The Morgan fingerprint density at radius 1 is 1.64 bits per heavy atom. The van der Waals surface area contributed by atoms with Gasteiger partial charge in [0.2, 0.25) is 0 Å². The highest BCUT2D eigenvalue weighted by molar-refractivity contribution is 7.89. The Balaban J connectivity index is 4.66. The molecule has 0 saturated carbocycles. The Labute approximate surface area is 60.4 Å². The zero-order valence-electron chi connectivity index (χ0n) is 4.67. The molecule has 0 aromatic carbocycles. The molecule has 0 aliphatic heterocycles. The molecule has 0 spiro atoms.